The van der Waals surface area contributed by atoms with E-state index in [0.29, 0.717) is 12.6 Å². The van der Waals surface area contributed by atoms with Crippen molar-refractivity contribution in [3.8, 4) is 0 Å². The number of hydrogen-bond donors (Lipinski definition) is 1. The fraction of sp³-hybridized carbons (Fsp3) is 0.600. The van der Waals surface area contributed by atoms with Gasteiger partial charge in [0.25, 0.3) is 0 Å². The molecule has 0 aliphatic carbocycles. The third-order valence-electron chi connectivity index (χ3n) is 3.57. The Kier molecular flexibility index (Phi) is 4.38. The fourth-order valence-electron chi connectivity index (χ4n) is 2.43. The van der Waals surface area contributed by atoms with Crippen molar-refractivity contribution in [3.05, 3.63) is 35.4 Å². The Morgan fingerprint density at radius 3 is 2.94 bits per heavy atom. The van der Waals surface area contributed by atoms with Crippen LogP contribution >= 0.6 is 0 Å². The molecule has 0 spiro atoms. The Morgan fingerprint density at radius 2 is 2.22 bits per heavy atom. The third-order valence-corrected chi connectivity index (χ3v) is 3.57. The van der Waals surface area contributed by atoms with E-state index in [-0.39, 0.29) is 6.10 Å². The third kappa shape index (κ3) is 3.31. The van der Waals surface area contributed by atoms with Crippen molar-refractivity contribution in [1.82, 2.24) is 4.90 Å². The largest absolute Gasteiger partial charge is 0.387 e. The topological polar surface area (TPSA) is 32.7 Å². The second-order valence-corrected chi connectivity index (χ2v) is 5.38. The summed E-state index contributed by atoms with van der Waals surface area (Å²) in [5.74, 6) is 0. The number of aliphatic hydroxyl groups is 1. The van der Waals surface area contributed by atoms with Gasteiger partial charge in [-0.25, -0.2) is 0 Å². The highest BCUT2D eigenvalue weighted by atomic mass is 16.5. The number of benzene rings is 1. The van der Waals surface area contributed by atoms with Gasteiger partial charge in [0.15, 0.2) is 0 Å². The van der Waals surface area contributed by atoms with Gasteiger partial charge >= 0.3 is 0 Å². The molecule has 0 saturated carbocycles. The van der Waals surface area contributed by atoms with E-state index in [1.807, 2.05) is 12.1 Å². The lowest BCUT2D eigenvalue weighted by molar-refractivity contribution is -0.0619. The molecule has 1 fully saturated rings. The van der Waals surface area contributed by atoms with Gasteiger partial charge < -0.3 is 9.84 Å². The zero-order valence-electron chi connectivity index (χ0n) is 11.5. The Balaban J connectivity index is 2.00. The highest BCUT2D eigenvalue weighted by molar-refractivity contribution is 5.24. The standard InChI is InChI=1S/C15H23NO2/c1-11-5-4-6-14(7-11)15(17)9-16-8-13(3)18-10-12(16)2/h4-7,12-13,15,17H,8-10H2,1-3H3. The van der Waals surface area contributed by atoms with Crippen LogP contribution in [0.4, 0.5) is 0 Å². The van der Waals surface area contributed by atoms with Crippen molar-refractivity contribution in [3.63, 3.8) is 0 Å². The molecule has 0 radical (unpaired) electrons. The molecule has 0 amide bonds. The molecule has 3 heteroatoms. The van der Waals surface area contributed by atoms with Gasteiger partial charge in [0, 0.05) is 19.1 Å². The number of nitrogens with zero attached hydrogens (tertiary/aromatic N) is 1. The van der Waals surface area contributed by atoms with Crippen LogP contribution in [0.5, 0.6) is 0 Å². The number of hydrogen-bond acceptors (Lipinski definition) is 3. The first-order valence-electron chi connectivity index (χ1n) is 6.66. The zero-order chi connectivity index (χ0) is 13.1. The number of aryl methyl sites for hydroxylation is 1. The number of β-amino-alcohol motifs (C(OH)–C–C–N with tert-alkyl or cyclic N) is 1. The molecule has 1 aromatic carbocycles. The van der Waals surface area contributed by atoms with E-state index in [1.165, 1.54) is 5.56 Å². The van der Waals surface area contributed by atoms with Crippen molar-refractivity contribution < 1.29 is 9.84 Å². The van der Waals surface area contributed by atoms with Gasteiger partial charge in [-0.05, 0) is 26.3 Å². The lowest BCUT2D eigenvalue weighted by Gasteiger charge is -2.37. The maximum Gasteiger partial charge on any atom is 0.0917 e. The Hall–Kier alpha value is -0.900. The molecule has 1 aromatic rings. The molecule has 3 atom stereocenters. The summed E-state index contributed by atoms with van der Waals surface area (Å²) in [4.78, 5) is 2.31. The van der Waals surface area contributed by atoms with E-state index >= 15 is 0 Å². The van der Waals surface area contributed by atoms with Gasteiger partial charge in [-0.1, -0.05) is 29.8 Å². The maximum absolute atomic E-state index is 10.3. The van der Waals surface area contributed by atoms with E-state index in [0.717, 1.165) is 18.7 Å². The Morgan fingerprint density at radius 1 is 1.44 bits per heavy atom. The lowest BCUT2D eigenvalue weighted by atomic mass is 10.1. The maximum atomic E-state index is 10.3. The summed E-state index contributed by atoms with van der Waals surface area (Å²) in [6.45, 7) is 8.60. The van der Waals surface area contributed by atoms with Gasteiger partial charge in [0.1, 0.15) is 0 Å². The quantitative estimate of drug-likeness (QED) is 0.891. The Bertz CT molecular complexity index is 394. The summed E-state index contributed by atoms with van der Waals surface area (Å²) in [6.07, 6.45) is -0.163. The SMILES string of the molecule is Cc1cccc(C(O)CN2CC(C)OCC2C)c1. The van der Waals surface area contributed by atoms with Crippen molar-refractivity contribution >= 4 is 0 Å². The predicted molar refractivity (Wildman–Crippen MR) is 72.6 cm³/mol. The van der Waals surface area contributed by atoms with E-state index < -0.39 is 6.10 Å². The first kappa shape index (κ1) is 13.5. The molecular weight excluding hydrogens is 226 g/mol. The van der Waals surface area contributed by atoms with Gasteiger partial charge in [0.05, 0.1) is 18.8 Å². The summed E-state index contributed by atoms with van der Waals surface area (Å²) in [6, 6.07) is 8.47. The van der Waals surface area contributed by atoms with Gasteiger partial charge in [-0.3, -0.25) is 4.90 Å². The molecule has 0 aromatic heterocycles. The minimum atomic E-state index is -0.419. The van der Waals surface area contributed by atoms with Crippen LogP contribution in [-0.4, -0.2) is 41.8 Å². The molecule has 1 aliphatic rings. The molecule has 100 valence electrons. The Labute approximate surface area is 109 Å². The summed E-state index contributed by atoms with van der Waals surface area (Å²) in [5.41, 5.74) is 2.19. The number of rotatable bonds is 3. The number of aliphatic hydroxyl groups excluding tert-OH is 1. The molecule has 1 heterocycles. The second kappa shape index (κ2) is 5.83. The zero-order valence-corrected chi connectivity index (χ0v) is 11.5. The van der Waals surface area contributed by atoms with Gasteiger partial charge in [0.2, 0.25) is 0 Å². The average molecular weight is 249 g/mol. The van der Waals surface area contributed by atoms with E-state index in [4.69, 9.17) is 4.74 Å². The van der Waals surface area contributed by atoms with Crippen LogP contribution in [0.1, 0.15) is 31.1 Å². The smallest absolute Gasteiger partial charge is 0.0917 e. The lowest BCUT2D eigenvalue weighted by Crippen LogP contribution is -2.48. The summed E-state index contributed by atoms with van der Waals surface area (Å²) in [7, 11) is 0. The normalized spacial score (nSPS) is 27.1. The minimum absolute atomic E-state index is 0.255. The molecular formula is C15H23NO2. The van der Waals surface area contributed by atoms with Crippen molar-refractivity contribution in [2.75, 3.05) is 19.7 Å². The van der Waals surface area contributed by atoms with Crippen molar-refractivity contribution in [2.24, 2.45) is 0 Å². The van der Waals surface area contributed by atoms with E-state index in [9.17, 15) is 5.11 Å². The highest BCUT2D eigenvalue weighted by Gasteiger charge is 2.25. The summed E-state index contributed by atoms with van der Waals surface area (Å²) >= 11 is 0. The van der Waals surface area contributed by atoms with Crippen LogP contribution < -0.4 is 0 Å². The molecule has 2 rings (SSSR count). The van der Waals surface area contributed by atoms with Crippen LogP contribution in [0.2, 0.25) is 0 Å². The molecule has 1 N–H and O–H groups in total. The van der Waals surface area contributed by atoms with Gasteiger partial charge in [-0.2, -0.15) is 0 Å². The highest BCUT2D eigenvalue weighted by Crippen LogP contribution is 2.19. The first-order valence-corrected chi connectivity index (χ1v) is 6.66. The first-order chi connectivity index (χ1) is 8.56. The molecule has 1 saturated heterocycles. The van der Waals surface area contributed by atoms with Crippen LogP contribution in [-0.2, 0) is 4.74 Å². The molecule has 1 aliphatic heterocycles. The molecule has 0 bridgehead atoms. The number of morpholine rings is 1. The van der Waals surface area contributed by atoms with Crippen LogP contribution in [0.15, 0.2) is 24.3 Å². The van der Waals surface area contributed by atoms with Crippen molar-refractivity contribution in [1.29, 1.82) is 0 Å². The summed E-state index contributed by atoms with van der Waals surface area (Å²) < 4.78 is 5.60. The monoisotopic (exact) mass is 249 g/mol. The average Bonchev–Trinajstić information content (AvgIpc) is 2.34. The van der Waals surface area contributed by atoms with Crippen LogP contribution in [0, 0.1) is 6.92 Å². The minimum Gasteiger partial charge on any atom is -0.387 e. The predicted octanol–water partition coefficient (Wildman–Crippen LogP) is 2.14. The summed E-state index contributed by atoms with van der Waals surface area (Å²) in [5, 5.41) is 10.3. The number of ether oxygens (including phenoxy) is 1. The second-order valence-electron chi connectivity index (χ2n) is 5.38. The van der Waals surface area contributed by atoms with Crippen molar-refractivity contribution in [2.45, 2.75) is 39.0 Å². The van der Waals surface area contributed by atoms with Crippen LogP contribution in [0.25, 0.3) is 0 Å². The molecule has 18 heavy (non-hydrogen) atoms. The van der Waals surface area contributed by atoms with Gasteiger partial charge in [-0.15, -0.1) is 0 Å². The van der Waals surface area contributed by atoms with E-state index in [2.05, 4.69) is 37.8 Å². The van der Waals surface area contributed by atoms with Crippen LogP contribution in [0.3, 0.4) is 0 Å². The molecule has 3 nitrogen and oxygen atoms in total. The molecule has 3 unspecified atom stereocenters. The van der Waals surface area contributed by atoms with E-state index in [1.54, 1.807) is 0 Å². The fourth-order valence-corrected chi connectivity index (χ4v) is 2.43.